The molecule has 0 saturated carbocycles. The number of imide groups is 3. The first-order valence-corrected chi connectivity index (χ1v) is 10.4. The van der Waals surface area contributed by atoms with Crippen molar-refractivity contribution in [2.45, 2.75) is 0 Å². The summed E-state index contributed by atoms with van der Waals surface area (Å²) in [6.07, 6.45) is 0. The van der Waals surface area contributed by atoms with E-state index in [-0.39, 0.29) is 22.4 Å². The number of carbonyl (C=O) groups is 3. The highest BCUT2D eigenvalue weighted by molar-refractivity contribution is 6.33. The van der Waals surface area contributed by atoms with Crippen LogP contribution >= 0.6 is 0 Å². The Labute approximate surface area is 194 Å². The average Bonchev–Trinajstić information content (AvgIpc) is 3.13. The van der Waals surface area contributed by atoms with E-state index in [1.165, 1.54) is 26.4 Å². The van der Waals surface area contributed by atoms with Crippen LogP contribution in [0.4, 0.5) is 5.69 Å². The summed E-state index contributed by atoms with van der Waals surface area (Å²) in [7, 11) is 3.07. The molecule has 0 fully saturated rings. The molecule has 1 aliphatic heterocycles. The molecule has 0 radical (unpaired) electrons. The van der Waals surface area contributed by atoms with E-state index in [1.807, 2.05) is 0 Å². The molecule has 8 nitrogen and oxygen atoms in total. The van der Waals surface area contributed by atoms with E-state index in [9.17, 15) is 14.4 Å². The topological polar surface area (TPSA) is 112 Å². The number of pyridine rings is 1. The Balaban J connectivity index is 1.66. The number of ether oxygens (including phenoxy) is 2. The molecule has 3 amide bonds. The van der Waals surface area contributed by atoms with E-state index in [4.69, 9.17) is 15.2 Å². The number of nitrogens with zero attached hydrogens (tertiary/aromatic N) is 2. The smallest absolute Gasteiger partial charge is 0.270 e. The Morgan fingerprint density at radius 2 is 1.65 bits per heavy atom. The lowest BCUT2D eigenvalue weighted by Crippen LogP contribution is -2.36. The van der Waals surface area contributed by atoms with Gasteiger partial charge in [-0.1, -0.05) is 24.3 Å². The number of methoxy groups -OCH3 is 2. The molecule has 0 spiro atoms. The van der Waals surface area contributed by atoms with E-state index < -0.39 is 17.7 Å². The zero-order valence-corrected chi connectivity index (χ0v) is 18.4. The molecule has 1 aliphatic rings. The first-order valence-electron chi connectivity index (χ1n) is 10.4. The van der Waals surface area contributed by atoms with E-state index in [2.05, 4.69) is 4.98 Å². The van der Waals surface area contributed by atoms with Crippen molar-refractivity contribution in [3.05, 3.63) is 83.4 Å². The number of para-hydroxylation sites is 1. The minimum Gasteiger partial charge on any atom is -0.493 e. The van der Waals surface area contributed by atoms with Gasteiger partial charge in [-0.3, -0.25) is 14.4 Å². The molecule has 0 bridgehead atoms. The van der Waals surface area contributed by atoms with E-state index in [1.54, 1.807) is 54.6 Å². The molecule has 2 N–H and O–H groups in total. The molecule has 0 aliphatic carbocycles. The molecule has 0 atom stereocenters. The van der Waals surface area contributed by atoms with Gasteiger partial charge in [-0.25, -0.2) is 9.88 Å². The van der Waals surface area contributed by atoms with Crippen LogP contribution in [0.2, 0.25) is 0 Å². The number of benzene rings is 3. The van der Waals surface area contributed by atoms with Gasteiger partial charge < -0.3 is 15.2 Å². The fourth-order valence-electron chi connectivity index (χ4n) is 4.11. The Morgan fingerprint density at radius 3 is 2.38 bits per heavy atom. The highest BCUT2D eigenvalue weighted by atomic mass is 16.5. The third kappa shape index (κ3) is 3.15. The third-order valence-corrected chi connectivity index (χ3v) is 5.78. The van der Waals surface area contributed by atoms with E-state index in [0.717, 1.165) is 0 Å². The van der Waals surface area contributed by atoms with Crippen LogP contribution in [-0.2, 0) is 0 Å². The molecular weight excluding hydrogens is 434 g/mol. The van der Waals surface area contributed by atoms with Crippen LogP contribution in [0.25, 0.3) is 22.2 Å². The molecule has 2 heterocycles. The number of amides is 3. The molecule has 1 aromatic heterocycles. The van der Waals surface area contributed by atoms with Crippen LogP contribution in [0.15, 0.2) is 66.7 Å². The Hall–Kier alpha value is -4.72. The fraction of sp³-hybridized carbons (Fsp3) is 0.0769. The minimum absolute atomic E-state index is 0.0410. The number of anilines is 1. The predicted octanol–water partition coefficient (Wildman–Crippen LogP) is 3.94. The second-order valence-electron chi connectivity index (χ2n) is 7.66. The Morgan fingerprint density at radius 1 is 0.882 bits per heavy atom. The van der Waals surface area contributed by atoms with Crippen LogP contribution in [0.5, 0.6) is 11.5 Å². The molecule has 3 aromatic carbocycles. The quantitative estimate of drug-likeness (QED) is 0.368. The summed E-state index contributed by atoms with van der Waals surface area (Å²) in [5.74, 6) is -1.14. The fourth-order valence-corrected chi connectivity index (χ4v) is 4.11. The predicted molar refractivity (Wildman–Crippen MR) is 126 cm³/mol. The lowest BCUT2D eigenvalue weighted by Gasteiger charge is -2.15. The van der Waals surface area contributed by atoms with Gasteiger partial charge in [0.05, 0.1) is 42.1 Å². The summed E-state index contributed by atoms with van der Waals surface area (Å²) < 4.78 is 10.7. The second-order valence-corrected chi connectivity index (χ2v) is 7.66. The van der Waals surface area contributed by atoms with Crippen LogP contribution in [0.3, 0.4) is 0 Å². The summed E-state index contributed by atoms with van der Waals surface area (Å²) in [5, 5.41) is 0.515. The number of aromatic nitrogens is 1. The molecule has 4 aromatic rings. The van der Waals surface area contributed by atoms with Crippen molar-refractivity contribution < 1.29 is 23.9 Å². The van der Waals surface area contributed by atoms with Crippen LogP contribution < -0.4 is 15.2 Å². The monoisotopic (exact) mass is 453 g/mol. The number of hydrogen-bond acceptors (Lipinski definition) is 7. The van der Waals surface area contributed by atoms with Gasteiger partial charge in [-0.05, 0) is 42.5 Å². The maximum Gasteiger partial charge on any atom is 0.270 e. The molecule has 0 saturated heterocycles. The van der Waals surface area contributed by atoms with Crippen molar-refractivity contribution in [1.29, 1.82) is 0 Å². The lowest BCUT2D eigenvalue weighted by molar-refractivity contribution is 0.0567. The zero-order valence-electron chi connectivity index (χ0n) is 18.4. The summed E-state index contributed by atoms with van der Waals surface area (Å²) in [5.41, 5.74) is 8.07. The van der Waals surface area contributed by atoms with Crippen molar-refractivity contribution in [2.24, 2.45) is 0 Å². The number of rotatable bonds is 4. The molecule has 8 heteroatoms. The molecule has 0 unspecified atom stereocenters. The van der Waals surface area contributed by atoms with Crippen molar-refractivity contribution in [2.75, 3.05) is 20.0 Å². The molecular formula is C26H19N3O5. The van der Waals surface area contributed by atoms with Gasteiger partial charge in [-0.2, -0.15) is 0 Å². The second kappa shape index (κ2) is 8.00. The SMILES string of the molecule is COc1ccc(-c2cc(C(=O)N3C(=O)c4cccc(N)c4C3=O)c3ccccc3n2)cc1OC. The number of fused-ring (bicyclic) bond motifs is 2. The van der Waals surface area contributed by atoms with Gasteiger partial charge in [0.2, 0.25) is 0 Å². The maximum atomic E-state index is 13.6. The summed E-state index contributed by atoms with van der Waals surface area (Å²) in [6.45, 7) is 0. The Kier molecular flexibility index (Phi) is 4.98. The summed E-state index contributed by atoms with van der Waals surface area (Å²) >= 11 is 0. The average molecular weight is 453 g/mol. The number of nitrogen functional groups attached to an aromatic ring is 1. The molecule has 34 heavy (non-hydrogen) atoms. The molecule has 5 rings (SSSR count). The van der Waals surface area contributed by atoms with Crippen LogP contribution in [0.1, 0.15) is 31.1 Å². The van der Waals surface area contributed by atoms with Gasteiger partial charge in [0.1, 0.15) is 0 Å². The van der Waals surface area contributed by atoms with Gasteiger partial charge in [-0.15, -0.1) is 0 Å². The van der Waals surface area contributed by atoms with Crippen LogP contribution in [-0.4, -0.2) is 41.8 Å². The highest BCUT2D eigenvalue weighted by Crippen LogP contribution is 2.34. The normalized spacial score (nSPS) is 12.7. The maximum absolute atomic E-state index is 13.6. The van der Waals surface area contributed by atoms with Gasteiger partial charge >= 0.3 is 0 Å². The van der Waals surface area contributed by atoms with Crippen molar-refractivity contribution in [3.63, 3.8) is 0 Å². The minimum atomic E-state index is -0.745. The lowest BCUT2D eigenvalue weighted by atomic mass is 10.0. The van der Waals surface area contributed by atoms with Gasteiger partial charge in [0.25, 0.3) is 17.7 Å². The largest absolute Gasteiger partial charge is 0.493 e. The van der Waals surface area contributed by atoms with Crippen LogP contribution in [0, 0.1) is 0 Å². The number of nitrogens with two attached hydrogens (primary N) is 1. The van der Waals surface area contributed by atoms with Gasteiger partial charge in [0, 0.05) is 16.6 Å². The van der Waals surface area contributed by atoms with Crippen molar-refractivity contribution in [1.82, 2.24) is 9.88 Å². The first-order chi connectivity index (χ1) is 16.4. The zero-order chi connectivity index (χ0) is 24.0. The standard InChI is InChI=1S/C26H19N3O5/c1-33-21-11-10-14(12-22(21)34-2)20-13-17(15-6-3-4-9-19(15)28-20)25(31)29-24(30)16-7-5-8-18(27)23(16)26(29)32/h3-13H,27H2,1-2H3. The van der Waals surface area contributed by atoms with Crippen molar-refractivity contribution >= 4 is 34.3 Å². The number of carbonyl (C=O) groups excluding carboxylic acids is 3. The summed E-state index contributed by atoms with van der Waals surface area (Å²) in [6, 6.07) is 18.5. The first kappa shape index (κ1) is 21.1. The van der Waals surface area contributed by atoms with Crippen molar-refractivity contribution in [3.8, 4) is 22.8 Å². The van der Waals surface area contributed by atoms with E-state index in [0.29, 0.717) is 38.6 Å². The Bertz CT molecular complexity index is 1510. The summed E-state index contributed by atoms with van der Waals surface area (Å²) in [4.78, 5) is 45.0. The number of hydrogen-bond donors (Lipinski definition) is 1. The van der Waals surface area contributed by atoms with E-state index >= 15 is 0 Å². The van der Waals surface area contributed by atoms with Gasteiger partial charge in [0.15, 0.2) is 11.5 Å². The third-order valence-electron chi connectivity index (χ3n) is 5.78. The molecule has 168 valence electrons. The highest BCUT2D eigenvalue weighted by Gasteiger charge is 2.42.